The summed E-state index contributed by atoms with van der Waals surface area (Å²) in [5, 5.41) is 2.69. The van der Waals surface area contributed by atoms with Gasteiger partial charge in [-0.3, -0.25) is 9.59 Å². The number of esters is 1. The van der Waals surface area contributed by atoms with Crippen LogP contribution in [0.4, 0.5) is 10.1 Å². The average molecular weight is 359 g/mol. The van der Waals surface area contributed by atoms with Crippen molar-refractivity contribution in [3.63, 3.8) is 0 Å². The van der Waals surface area contributed by atoms with E-state index in [0.717, 1.165) is 10.5 Å². The van der Waals surface area contributed by atoms with E-state index in [0.29, 0.717) is 12.1 Å². The Balaban J connectivity index is 1.44. The summed E-state index contributed by atoms with van der Waals surface area (Å²) in [6, 6.07) is 13.5. The Bertz CT molecular complexity index is 761. The largest absolute Gasteiger partial charge is 0.455 e. The van der Waals surface area contributed by atoms with Crippen LogP contribution in [0.3, 0.4) is 0 Å². The number of carbonyl (C=O) groups is 2. The smallest absolute Gasteiger partial charge is 0.310 e. The van der Waals surface area contributed by atoms with Crippen molar-refractivity contribution >= 4 is 29.3 Å². The third-order valence-corrected chi connectivity index (χ3v) is 4.85. The number of hydrogen-bond donors (Lipinski definition) is 1. The summed E-state index contributed by atoms with van der Waals surface area (Å²) < 4.78 is 18.0. The highest BCUT2D eigenvalue weighted by atomic mass is 32.2. The minimum absolute atomic E-state index is 0.0512. The van der Waals surface area contributed by atoms with Crippen molar-refractivity contribution < 1.29 is 18.7 Å². The Hall–Kier alpha value is -2.34. The number of nitrogens with one attached hydrogen (secondary N) is 1. The molecule has 2 unspecified atom stereocenters. The second-order valence-electron chi connectivity index (χ2n) is 5.88. The van der Waals surface area contributed by atoms with Crippen molar-refractivity contribution in [1.29, 1.82) is 0 Å². The van der Waals surface area contributed by atoms with Gasteiger partial charge in [-0.15, -0.1) is 11.8 Å². The molecule has 0 spiro atoms. The van der Waals surface area contributed by atoms with Crippen LogP contribution in [-0.2, 0) is 14.3 Å². The number of ether oxygens (including phenoxy) is 1. The number of benzene rings is 2. The van der Waals surface area contributed by atoms with E-state index in [1.54, 1.807) is 36.0 Å². The molecule has 6 heteroatoms. The van der Waals surface area contributed by atoms with Gasteiger partial charge in [-0.1, -0.05) is 12.1 Å². The van der Waals surface area contributed by atoms with E-state index >= 15 is 0 Å². The monoisotopic (exact) mass is 359 g/mol. The Morgan fingerprint density at radius 1 is 1.16 bits per heavy atom. The zero-order chi connectivity index (χ0) is 17.8. The molecule has 1 N–H and O–H groups in total. The van der Waals surface area contributed by atoms with Gasteiger partial charge in [-0.25, -0.2) is 4.39 Å². The van der Waals surface area contributed by atoms with E-state index in [9.17, 15) is 14.0 Å². The molecule has 0 aromatic heterocycles. The maximum atomic E-state index is 12.9. The first-order valence-electron chi connectivity index (χ1n) is 7.93. The topological polar surface area (TPSA) is 55.4 Å². The minimum Gasteiger partial charge on any atom is -0.455 e. The number of amides is 1. The van der Waals surface area contributed by atoms with Gasteiger partial charge in [0, 0.05) is 10.6 Å². The highest BCUT2D eigenvalue weighted by molar-refractivity contribution is 7.98. The van der Waals surface area contributed by atoms with Gasteiger partial charge >= 0.3 is 5.97 Å². The number of halogens is 1. The molecule has 2 atom stereocenters. The zero-order valence-corrected chi connectivity index (χ0v) is 14.5. The highest BCUT2D eigenvalue weighted by Crippen LogP contribution is 2.48. The summed E-state index contributed by atoms with van der Waals surface area (Å²) in [6.45, 7) is -0.310. The van der Waals surface area contributed by atoms with Crippen LogP contribution in [0.1, 0.15) is 17.9 Å². The first-order valence-corrected chi connectivity index (χ1v) is 9.15. The van der Waals surface area contributed by atoms with Crippen LogP contribution in [0.5, 0.6) is 0 Å². The standard InChI is InChI=1S/C19H18FNO3S/c1-25-15-8-6-14(7-9-15)21-18(22)11-24-19(23)17-10-16(17)12-2-4-13(20)5-3-12/h2-9,16-17H,10-11H2,1H3,(H,21,22). The molecule has 1 amide bonds. The van der Waals surface area contributed by atoms with Crippen molar-refractivity contribution in [3.8, 4) is 0 Å². The molecule has 2 aromatic carbocycles. The predicted molar refractivity (Wildman–Crippen MR) is 95.1 cm³/mol. The fourth-order valence-electron chi connectivity index (χ4n) is 2.65. The SMILES string of the molecule is CSc1ccc(NC(=O)COC(=O)C2CC2c2ccc(F)cc2)cc1. The van der Waals surface area contributed by atoms with E-state index < -0.39 is 0 Å². The number of anilines is 1. The molecule has 2 aromatic rings. The molecule has 1 saturated carbocycles. The second-order valence-corrected chi connectivity index (χ2v) is 6.76. The molecule has 0 saturated heterocycles. The fraction of sp³-hybridized carbons (Fsp3) is 0.263. The van der Waals surface area contributed by atoms with Gasteiger partial charge in [0.15, 0.2) is 6.61 Å². The lowest BCUT2D eigenvalue weighted by molar-refractivity contribution is -0.148. The Labute approximate surface area is 149 Å². The third-order valence-electron chi connectivity index (χ3n) is 4.11. The third kappa shape index (κ3) is 4.60. The van der Waals surface area contributed by atoms with Crippen LogP contribution in [0.15, 0.2) is 53.4 Å². The number of rotatable bonds is 6. The number of thioether (sulfide) groups is 1. The maximum absolute atomic E-state index is 12.9. The van der Waals surface area contributed by atoms with Gasteiger partial charge in [-0.2, -0.15) is 0 Å². The molecule has 1 fully saturated rings. The number of carbonyl (C=O) groups excluding carboxylic acids is 2. The highest BCUT2D eigenvalue weighted by Gasteiger charge is 2.45. The van der Waals surface area contributed by atoms with Crippen molar-refractivity contribution in [2.75, 3.05) is 18.2 Å². The van der Waals surface area contributed by atoms with E-state index in [-0.39, 0.29) is 36.1 Å². The van der Waals surface area contributed by atoms with Crippen LogP contribution in [-0.4, -0.2) is 24.7 Å². The maximum Gasteiger partial charge on any atom is 0.310 e. The molecule has 0 heterocycles. The predicted octanol–water partition coefficient (Wildman–Crippen LogP) is 3.83. The second kappa shape index (κ2) is 7.70. The van der Waals surface area contributed by atoms with Crippen LogP contribution in [0, 0.1) is 11.7 Å². The molecule has 1 aliphatic rings. The zero-order valence-electron chi connectivity index (χ0n) is 13.7. The van der Waals surface area contributed by atoms with Gasteiger partial charge in [0.2, 0.25) is 0 Å². The lowest BCUT2D eigenvalue weighted by Crippen LogP contribution is -2.21. The molecule has 0 radical (unpaired) electrons. The summed E-state index contributed by atoms with van der Waals surface area (Å²) in [5.74, 6) is -1.26. The van der Waals surface area contributed by atoms with E-state index in [2.05, 4.69) is 5.32 Å². The minimum atomic E-state index is -0.387. The first-order chi connectivity index (χ1) is 12.1. The summed E-state index contributed by atoms with van der Waals surface area (Å²) >= 11 is 1.62. The van der Waals surface area contributed by atoms with Gasteiger partial charge in [-0.05, 0) is 60.6 Å². The lowest BCUT2D eigenvalue weighted by Gasteiger charge is -2.07. The van der Waals surface area contributed by atoms with E-state index in [1.165, 1.54) is 12.1 Å². The van der Waals surface area contributed by atoms with Gasteiger partial charge in [0.1, 0.15) is 5.82 Å². The van der Waals surface area contributed by atoms with Gasteiger partial charge in [0.25, 0.3) is 5.91 Å². The fourth-order valence-corrected chi connectivity index (χ4v) is 3.06. The van der Waals surface area contributed by atoms with Gasteiger partial charge < -0.3 is 10.1 Å². The molecule has 1 aliphatic carbocycles. The quantitative estimate of drug-likeness (QED) is 0.629. The lowest BCUT2D eigenvalue weighted by atomic mass is 10.1. The van der Waals surface area contributed by atoms with Crippen molar-refractivity contribution in [2.45, 2.75) is 17.2 Å². The molecule has 0 aliphatic heterocycles. The molecule has 0 bridgehead atoms. The molecule has 3 rings (SSSR count). The van der Waals surface area contributed by atoms with Gasteiger partial charge in [0.05, 0.1) is 5.92 Å². The Morgan fingerprint density at radius 2 is 1.84 bits per heavy atom. The normalized spacial score (nSPS) is 18.5. The first kappa shape index (κ1) is 17.5. The summed E-state index contributed by atoms with van der Waals surface area (Å²) in [5.41, 5.74) is 1.58. The summed E-state index contributed by atoms with van der Waals surface area (Å²) in [4.78, 5) is 25.0. The summed E-state index contributed by atoms with van der Waals surface area (Å²) in [6.07, 6.45) is 2.65. The van der Waals surface area contributed by atoms with Crippen molar-refractivity contribution in [2.24, 2.45) is 5.92 Å². The molecule has 25 heavy (non-hydrogen) atoms. The molecular formula is C19H18FNO3S. The number of hydrogen-bond acceptors (Lipinski definition) is 4. The molecular weight excluding hydrogens is 341 g/mol. The van der Waals surface area contributed by atoms with Crippen LogP contribution in [0.2, 0.25) is 0 Å². The van der Waals surface area contributed by atoms with Crippen molar-refractivity contribution in [3.05, 3.63) is 59.9 Å². The van der Waals surface area contributed by atoms with E-state index in [4.69, 9.17) is 4.74 Å². The Kier molecular flexibility index (Phi) is 5.38. The average Bonchev–Trinajstić information content (AvgIpc) is 3.42. The molecule has 4 nitrogen and oxygen atoms in total. The molecule has 130 valence electrons. The van der Waals surface area contributed by atoms with Crippen LogP contribution in [0.25, 0.3) is 0 Å². The van der Waals surface area contributed by atoms with E-state index in [1.807, 2.05) is 18.4 Å². The van der Waals surface area contributed by atoms with Crippen molar-refractivity contribution in [1.82, 2.24) is 0 Å². The summed E-state index contributed by atoms with van der Waals surface area (Å²) in [7, 11) is 0. The Morgan fingerprint density at radius 3 is 2.48 bits per heavy atom. The van der Waals surface area contributed by atoms with Crippen LogP contribution < -0.4 is 5.32 Å². The van der Waals surface area contributed by atoms with Crippen LogP contribution >= 0.6 is 11.8 Å².